The van der Waals surface area contributed by atoms with Crippen LogP contribution in [0.3, 0.4) is 0 Å². The Morgan fingerprint density at radius 1 is 1.06 bits per heavy atom. The second kappa shape index (κ2) is 8.54. The van der Waals surface area contributed by atoms with Gasteiger partial charge in [0.1, 0.15) is 17.3 Å². The van der Waals surface area contributed by atoms with Gasteiger partial charge in [0.25, 0.3) is 11.8 Å². The van der Waals surface area contributed by atoms with Crippen LogP contribution in [0.25, 0.3) is 10.8 Å². The van der Waals surface area contributed by atoms with Gasteiger partial charge in [-0.15, -0.1) is 0 Å². The van der Waals surface area contributed by atoms with Crippen molar-refractivity contribution in [3.05, 3.63) is 65.0 Å². The number of hydrogen-bond donors (Lipinski definition) is 1. The van der Waals surface area contributed by atoms with E-state index in [1.54, 1.807) is 45.0 Å². The maximum Gasteiger partial charge on any atom is 0.310 e. The van der Waals surface area contributed by atoms with Crippen LogP contribution in [0.1, 0.15) is 47.1 Å². The van der Waals surface area contributed by atoms with Crippen molar-refractivity contribution in [1.29, 1.82) is 0 Å². The van der Waals surface area contributed by atoms with Gasteiger partial charge in [0, 0.05) is 10.8 Å². The molecule has 0 atom stereocenters. The van der Waals surface area contributed by atoms with Crippen molar-refractivity contribution in [2.24, 2.45) is 0 Å². The van der Waals surface area contributed by atoms with Crippen LogP contribution < -0.4 is 9.64 Å². The van der Waals surface area contributed by atoms with Crippen LogP contribution >= 0.6 is 0 Å². The average Bonchev–Trinajstić information content (AvgIpc) is 3.02. The van der Waals surface area contributed by atoms with Gasteiger partial charge in [-0.25, -0.2) is 9.29 Å². The summed E-state index contributed by atoms with van der Waals surface area (Å²) in [5, 5.41) is 11.7. The van der Waals surface area contributed by atoms with E-state index in [1.807, 2.05) is 0 Å². The minimum Gasteiger partial charge on any atom is -0.506 e. The fourth-order valence-electron chi connectivity index (χ4n) is 3.91. The zero-order chi connectivity index (χ0) is 23.9. The van der Waals surface area contributed by atoms with Gasteiger partial charge in [-0.2, -0.15) is 0 Å². The molecule has 4 rings (SSSR count). The van der Waals surface area contributed by atoms with Crippen molar-refractivity contribution in [3.63, 3.8) is 0 Å². The maximum absolute atomic E-state index is 15.0. The Bertz CT molecular complexity index is 1300. The van der Waals surface area contributed by atoms with Gasteiger partial charge >= 0.3 is 5.97 Å². The molecule has 3 aromatic rings. The fourth-order valence-corrected chi connectivity index (χ4v) is 3.91. The number of nitrogens with zero attached hydrogens (tertiary/aromatic N) is 1. The first-order valence-corrected chi connectivity index (χ1v) is 10.5. The molecule has 1 N–H and O–H groups in total. The maximum atomic E-state index is 15.0. The molecule has 8 heteroatoms. The molecule has 0 fully saturated rings. The molecule has 0 spiro atoms. The quantitative estimate of drug-likeness (QED) is 0.442. The Hall–Kier alpha value is -3.94. The Morgan fingerprint density at radius 3 is 2.36 bits per heavy atom. The van der Waals surface area contributed by atoms with Crippen LogP contribution in [-0.2, 0) is 16.0 Å². The topological polar surface area (TPSA) is 93.1 Å². The molecule has 0 radical (unpaired) electrons. The molecule has 2 amide bonds. The Morgan fingerprint density at radius 2 is 1.73 bits per heavy atom. The largest absolute Gasteiger partial charge is 0.506 e. The number of esters is 1. The number of fused-ring (bicyclic) bond motifs is 2. The average molecular weight is 451 g/mol. The summed E-state index contributed by atoms with van der Waals surface area (Å²) in [6.07, 6.45) is -0.469. The first-order valence-electron chi connectivity index (χ1n) is 10.5. The summed E-state index contributed by atoms with van der Waals surface area (Å²) in [5.74, 6) is -3.24. The van der Waals surface area contributed by atoms with Crippen LogP contribution in [0.15, 0.2) is 42.5 Å². The van der Waals surface area contributed by atoms with E-state index in [0.29, 0.717) is 21.2 Å². The molecule has 0 saturated carbocycles. The van der Waals surface area contributed by atoms with Crippen molar-refractivity contribution >= 4 is 34.2 Å². The molecular weight excluding hydrogens is 429 g/mol. The number of amides is 2. The van der Waals surface area contributed by atoms with Gasteiger partial charge in [0.05, 0.1) is 35.9 Å². The number of ether oxygens (including phenoxy) is 2. The van der Waals surface area contributed by atoms with E-state index in [-0.39, 0.29) is 47.4 Å². The Labute approximate surface area is 189 Å². The van der Waals surface area contributed by atoms with Crippen molar-refractivity contribution in [1.82, 2.24) is 0 Å². The lowest BCUT2D eigenvalue weighted by molar-refractivity contribution is -0.142. The summed E-state index contributed by atoms with van der Waals surface area (Å²) in [6, 6.07) is 10.5. The summed E-state index contributed by atoms with van der Waals surface area (Å²) in [7, 11) is 0. The van der Waals surface area contributed by atoms with E-state index in [1.165, 1.54) is 12.1 Å². The van der Waals surface area contributed by atoms with E-state index in [4.69, 9.17) is 9.47 Å². The molecule has 0 bridgehead atoms. The highest BCUT2D eigenvalue weighted by molar-refractivity contribution is 6.38. The highest BCUT2D eigenvalue weighted by Crippen LogP contribution is 2.46. The number of carbonyl (C=O) groups is 3. The number of anilines is 1. The molecule has 33 heavy (non-hydrogen) atoms. The van der Waals surface area contributed by atoms with Crippen LogP contribution in [0.5, 0.6) is 11.5 Å². The van der Waals surface area contributed by atoms with E-state index in [9.17, 15) is 19.5 Å². The number of rotatable bonds is 6. The van der Waals surface area contributed by atoms with Crippen molar-refractivity contribution in [2.45, 2.75) is 33.3 Å². The molecule has 1 aliphatic rings. The predicted molar refractivity (Wildman–Crippen MR) is 119 cm³/mol. The standard InChI is InChI=1S/C25H22FNO6/c1-4-32-19(28)12-14-9-10-18(17(26)11-14)27-24(30)20-21(25(27)31)23(33-13(2)3)16-8-6-5-7-15(16)22(20)29/h5-11,13,29H,4,12H2,1-3H3. The van der Waals surface area contributed by atoms with Gasteiger partial charge in [-0.3, -0.25) is 14.4 Å². The number of benzene rings is 3. The second-order valence-corrected chi connectivity index (χ2v) is 7.85. The first-order chi connectivity index (χ1) is 15.7. The van der Waals surface area contributed by atoms with Crippen LogP contribution in [0.2, 0.25) is 0 Å². The van der Waals surface area contributed by atoms with E-state index < -0.39 is 23.6 Å². The molecule has 1 heterocycles. The van der Waals surface area contributed by atoms with Gasteiger partial charge < -0.3 is 14.6 Å². The lowest BCUT2D eigenvalue weighted by atomic mass is 9.99. The Kier molecular flexibility index (Phi) is 5.76. The highest BCUT2D eigenvalue weighted by Gasteiger charge is 2.44. The third kappa shape index (κ3) is 3.77. The second-order valence-electron chi connectivity index (χ2n) is 7.85. The molecular formula is C25H22FNO6. The number of hydrogen-bond acceptors (Lipinski definition) is 6. The van der Waals surface area contributed by atoms with Crippen molar-refractivity contribution < 1.29 is 33.4 Å². The summed E-state index contributed by atoms with van der Waals surface area (Å²) in [5.41, 5.74) is -0.291. The third-order valence-electron chi connectivity index (χ3n) is 5.23. The van der Waals surface area contributed by atoms with Crippen LogP contribution in [-0.4, -0.2) is 35.6 Å². The summed E-state index contributed by atoms with van der Waals surface area (Å²) >= 11 is 0. The monoisotopic (exact) mass is 451 g/mol. The van der Waals surface area contributed by atoms with Crippen LogP contribution in [0.4, 0.5) is 10.1 Å². The molecule has 1 aliphatic heterocycles. The van der Waals surface area contributed by atoms with Crippen molar-refractivity contribution in [3.8, 4) is 11.5 Å². The number of imide groups is 1. The fraction of sp³-hybridized carbons (Fsp3) is 0.240. The minimum atomic E-state index is -0.860. The summed E-state index contributed by atoms with van der Waals surface area (Å²) in [4.78, 5) is 39.0. The number of phenols is 1. The molecule has 7 nitrogen and oxygen atoms in total. The normalized spacial score (nSPS) is 13.1. The lowest BCUT2D eigenvalue weighted by Gasteiger charge is -2.17. The van der Waals surface area contributed by atoms with E-state index in [2.05, 4.69) is 0 Å². The lowest BCUT2D eigenvalue weighted by Crippen LogP contribution is -2.30. The van der Waals surface area contributed by atoms with E-state index in [0.717, 1.165) is 6.07 Å². The van der Waals surface area contributed by atoms with Gasteiger partial charge in [0.15, 0.2) is 0 Å². The van der Waals surface area contributed by atoms with Crippen LogP contribution in [0, 0.1) is 5.82 Å². The zero-order valence-corrected chi connectivity index (χ0v) is 18.3. The minimum absolute atomic E-state index is 0.111. The number of phenolic OH excluding ortho intramolecular Hbond substituents is 1. The highest BCUT2D eigenvalue weighted by atomic mass is 19.1. The van der Waals surface area contributed by atoms with Gasteiger partial charge in [-0.05, 0) is 38.5 Å². The van der Waals surface area contributed by atoms with Gasteiger partial charge in [0.2, 0.25) is 0 Å². The molecule has 0 aliphatic carbocycles. The summed E-state index contributed by atoms with van der Waals surface area (Å²) < 4.78 is 25.8. The van der Waals surface area contributed by atoms with Crippen molar-refractivity contribution in [2.75, 3.05) is 11.5 Å². The molecule has 0 unspecified atom stereocenters. The number of aromatic hydroxyl groups is 1. The number of halogens is 1. The Balaban J connectivity index is 1.82. The summed E-state index contributed by atoms with van der Waals surface area (Å²) in [6.45, 7) is 5.41. The smallest absolute Gasteiger partial charge is 0.310 e. The SMILES string of the molecule is CCOC(=O)Cc1ccc(N2C(=O)c3c(c(OC(C)C)c4ccccc4c3O)C2=O)c(F)c1. The molecule has 0 aromatic heterocycles. The third-order valence-corrected chi connectivity index (χ3v) is 5.23. The molecule has 3 aromatic carbocycles. The zero-order valence-electron chi connectivity index (χ0n) is 18.3. The van der Waals surface area contributed by atoms with Gasteiger partial charge in [-0.1, -0.05) is 30.3 Å². The molecule has 0 saturated heterocycles. The number of carbonyl (C=O) groups excluding carboxylic acids is 3. The first kappa shape index (κ1) is 22.3. The predicted octanol–water partition coefficient (Wildman–Crippen LogP) is 4.38. The van der Waals surface area contributed by atoms with E-state index >= 15 is 4.39 Å². The molecule has 170 valence electrons.